The van der Waals surface area contributed by atoms with Crippen molar-refractivity contribution in [2.24, 2.45) is 5.92 Å². The van der Waals surface area contributed by atoms with Crippen LogP contribution in [0, 0.1) is 5.92 Å². The first-order valence-electron chi connectivity index (χ1n) is 7.48. The van der Waals surface area contributed by atoms with E-state index in [4.69, 9.17) is 11.6 Å². The van der Waals surface area contributed by atoms with Gasteiger partial charge in [-0.25, -0.2) is 8.42 Å². The molecule has 4 nitrogen and oxygen atoms in total. The van der Waals surface area contributed by atoms with Crippen molar-refractivity contribution in [3.63, 3.8) is 0 Å². The van der Waals surface area contributed by atoms with Crippen LogP contribution in [0.4, 0.5) is 0 Å². The maximum atomic E-state index is 12.5. The van der Waals surface area contributed by atoms with Gasteiger partial charge in [-0.1, -0.05) is 36.7 Å². The molecule has 1 aromatic rings. The molecule has 2 rings (SSSR count). The van der Waals surface area contributed by atoms with E-state index >= 15 is 0 Å². The standard InChI is InChI=1S/C16H22ClNO3S/c1-4-22(20,21)10-11(2)18(3)16(19)14-9-13(14)12-7-5-6-8-15(12)17/h5-8,11,13-14H,4,9-10H2,1-3H3/t11-,13-,14-/m0/s1. The molecule has 6 heteroatoms. The van der Waals surface area contributed by atoms with E-state index in [2.05, 4.69) is 0 Å². The van der Waals surface area contributed by atoms with Crippen molar-refractivity contribution in [2.45, 2.75) is 32.2 Å². The molecule has 0 aromatic heterocycles. The molecule has 1 aliphatic rings. The number of hydrogen-bond acceptors (Lipinski definition) is 3. The molecular formula is C16H22ClNO3S. The second-order valence-electron chi connectivity index (χ2n) is 5.97. The Hall–Kier alpha value is -1.07. The summed E-state index contributed by atoms with van der Waals surface area (Å²) >= 11 is 6.17. The van der Waals surface area contributed by atoms with Gasteiger partial charge in [0.05, 0.1) is 5.75 Å². The van der Waals surface area contributed by atoms with Gasteiger partial charge < -0.3 is 4.90 Å². The summed E-state index contributed by atoms with van der Waals surface area (Å²) in [6.07, 6.45) is 0.778. The number of sulfone groups is 1. The Bertz CT molecular complexity index is 659. The summed E-state index contributed by atoms with van der Waals surface area (Å²) in [7, 11) is -1.41. The molecule has 0 bridgehead atoms. The maximum absolute atomic E-state index is 12.5. The summed E-state index contributed by atoms with van der Waals surface area (Å²) in [4.78, 5) is 14.1. The van der Waals surface area contributed by atoms with Gasteiger partial charge in [0.15, 0.2) is 9.84 Å². The van der Waals surface area contributed by atoms with Crippen molar-refractivity contribution in [1.29, 1.82) is 0 Å². The van der Waals surface area contributed by atoms with E-state index in [1.807, 2.05) is 24.3 Å². The van der Waals surface area contributed by atoms with Crippen molar-refractivity contribution >= 4 is 27.3 Å². The molecule has 0 saturated heterocycles. The smallest absolute Gasteiger partial charge is 0.226 e. The maximum Gasteiger partial charge on any atom is 0.226 e. The van der Waals surface area contributed by atoms with Crippen molar-refractivity contribution in [3.8, 4) is 0 Å². The third-order valence-electron chi connectivity index (χ3n) is 4.36. The lowest BCUT2D eigenvalue weighted by atomic mass is 10.1. The van der Waals surface area contributed by atoms with Crippen LogP contribution in [0.5, 0.6) is 0 Å². The molecule has 0 heterocycles. The number of carbonyl (C=O) groups is 1. The summed E-state index contributed by atoms with van der Waals surface area (Å²) in [5.74, 6) is 0.180. The molecule has 0 spiro atoms. The van der Waals surface area contributed by atoms with Crippen molar-refractivity contribution < 1.29 is 13.2 Å². The predicted octanol–water partition coefficient (Wildman–Crippen LogP) is 2.73. The highest BCUT2D eigenvalue weighted by atomic mass is 35.5. The number of benzene rings is 1. The average molecular weight is 344 g/mol. The minimum absolute atomic E-state index is 0.00345. The van der Waals surface area contributed by atoms with Gasteiger partial charge in [-0.2, -0.15) is 0 Å². The van der Waals surface area contributed by atoms with Gasteiger partial charge in [0, 0.05) is 29.8 Å². The number of carbonyl (C=O) groups excluding carboxylic acids is 1. The average Bonchev–Trinajstić information content (AvgIpc) is 3.26. The molecule has 122 valence electrons. The van der Waals surface area contributed by atoms with Crippen LogP contribution in [0.3, 0.4) is 0 Å². The normalized spacial score (nSPS) is 22.2. The van der Waals surface area contributed by atoms with Gasteiger partial charge in [-0.3, -0.25) is 4.79 Å². The van der Waals surface area contributed by atoms with Crippen LogP contribution in [0.1, 0.15) is 31.7 Å². The first kappa shape index (κ1) is 17.3. The second-order valence-corrected chi connectivity index (χ2v) is 8.77. The topological polar surface area (TPSA) is 54.5 Å². The van der Waals surface area contributed by atoms with Crippen LogP contribution in [0.15, 0.2) is 24.3 Å². The third-order valence-corrected chi connectivity index (χ3v) is 6.57. The van der Waals surface area contributed by atoms with Gasteiger partial charge in [-0.15, -0.1) is 0 Å². The van der Waals surface area contributed by atoms with Crippen molar-refractivity contribution in [3.05, 3.63) is 34.9 Å². The molecule has 1 amide bonds. The Morgan fingerprint density at radius 3 is 2.64 bits per heavy atom. The fraction of sp³-hybridized carbons (Fsp3) is 0.562. The monoisotopic (exact) mass is 343 g/mol. The van der Waals surface area contributed by atoms with Crippen molar-refractivity contribution in [1.82, 2.24) is 4.90 Å². The number of amides is 1. The Balaban J connectivity index is 2.00. The fourth-order valence-electron chi connectivity index (χ4n) is 2.66. The van der Waals surface area contributed by atoms with E-state index in [1.165, 1.54) is 0 Å². The molecule has 1 fully saturated rings. The molecule has 0 aliphatic heterocycles. The zero-order valence-electron chi connectivity index (χ0n) is 13.1. The van der Waals surface area contributed by atoms with Gasteiger partial charge in [0.25, 0.3) is 0 Å². The lowest BCUT2D eigenvalue weighted by Crippen LogP contribution is -2.40. The molecule has 0 N–H and O–H groups in total. The summed E-state index contributed by atoms with van der Waals surface area (Å²) < 4.78 is 23.4. The number of rotatable bonds is 6. The number of nitrogens with zero attached hydrogens (tertiary/aromatic N) is 1. The van der Waals surface area contributed by atoms with E-state index in [1.54, 1.807) is 25.8 Å². The number of halogens is 1. The molecule has 1 saturated carbocycles. The van der Waals surface area contributed by atoms with E-state index in [-0.39, 0.29) is 35.3 Å². The fourth-order valence-corrected chi connectivity index (χ4v) is 4.13. The highest BCUT2D eigenvalue weighted by Gasteiger charge is 2.46. The molecule has 1 aliphatic carbocycles. The quantitative estimate of drug-likeness (QED) is 0.798. The van der Waals surface area contributed by atoms with Gasteiger partial charge in [0.2, 0.25) is 5.91 Å². The summed E-state index contributed by atoms with van der Waals surface area (Å²) in [6, 6.07) is 7.25. The van der Waals surface area contributed by atoms with E-state index in [0.29, 0.717) is 5.02 Å². The summed E-state index contributed by atoms with van der Waals surface area (Å²) in [5.41, 5.74) is 1.00. The number of hydrogen-bond donors (Lipinski definition) is 0. The lowest BCUT2D eigenvalue weighted by Gasteiger charge is -2.25. The Morgan fingerprint density at radius 2 is 2.05 bits per heavy atom. The highest BCUT2D eigenvalue weighted by molar-refractivity contribution is 7.91. The second kappa shape index (κ2) is 6.59. The minimum Gasteiger partial charge on any atom is -0.342 e. The lowest BCUT2D eigenvalue weighted by molar-refractivity contribution is -0.132. The molecule has 22 heavy (non-hydrogen) atoms. The largest absolute Gasteiger partial charge is 0.342 e. The molecule has 0 radical (unpaired) electrons. The Morgan fingerprint density at radius 1 is 1.41 bits per heavy atom. The van der Waals surface area contributed by atoms with Crippen LogP contribution in [-0.4, -0.2) is 43.8 Å². The Kier molecular flexibility index (Phi) is 5.17. The molecule has 0 unspecified atom stereocenters. The van der Waals surface area contributed by atoms with Crippen LogP contribution in [0.25, 0.3) is 0 Å². The van der Waals surface area contributed by atoms with Crippen LogP contribution < -0.4 is 0 Å². The highest BCUT2D eigenvalue weighted by Crippen LogP contribution is 2.50. The minimum atomic E-state index is -3.09. The van der Waals surface area contributed by atoms with E-state index in [0.717, 1.165) is 12.0 Å². The third kappa shape index (κ3) is 3.82. The van der Waals surface area contributed by atoms with Crippen LogP contribution in [-0.2, 0) is 14.6 Å². The van der Waals surface area contributed by atoms with Crippen LogP contribution in [0.2, 0.25) is 5.02 Å². The van der Waals surface area contributed by atoms with Crippen molar-refractivity contribution in [2.75, 3.05) is 18.6 Å². The molecule has 1 aromatic carbocycles. The zero-order valence-corrected chi connectivity index (χ0v) is 14.7. The first-order chi connectivity index (χ1) is 10.3. The van der Waals surface area contributed by atoms with E-state index in [9.17, 15) is 13.2 Å². The Labute approximate surface area is 137 Å². The van der Waals surface area contributed by atoms with Gasteiger partial charge in [0.1, 0.15) is 0 Å². The molecule has 3 atom stereocenters. The SMILES string of the molecule is CCS(=O)(=O)C[C@H](C)N(C)C(=O)[C@H]1C[C@H]1c1ccccc1Cl. The zero-order chi connectivity index (χ0) is 16.5. The predicted molar refractivity (Wildman–Crippen MR) is 88.9 cm³/mol. The molecular weight excluding hydrogens is 322 g/mol. The van der Waals surface area contributed by atoms with Crippen LogP contribution >= 0.6 is 11.6 Å². The van der Waals surface area contributed by atoms with Gasteiger partial charge in [-0.05, 0) is 30.9 Å². The summed E-state index contributed by atoms with van der Waals surface area (Å²) in [6.45, 7) is 3.40. The van der Waals surface area contributed by atoms with E-state index < -0.39 is 9.84 Å². The first-order valence-corrected chi connectivity index (χ1v) is 9.68. The van der Waals surface area contributed by atoms with Gasteiger partial charge >= 0.3 is 0 Å². The summed E-state index contributed by atoms with van der Waals surface area (Å²) in [5, 5.41) is 0.687.